The lowest BCUT2D eigenvalue weighted by Crippen LogP contribution is -2.26. The minimum absolute atomic E-state index is 0.0551. The van der Waals surface area contributed by atoms with Crippen molar-refractivity contribution in [2.75, 3.05) is 4.72 Å². The van der Waals surface area contributed by atoms with Gasteiger partial charge in [-0.3, -0.25) is 9.52 Å². The van der Waals surface area contributed by atoms with E-state index in [-0.39, 0.29) is 22.7 Å². The third-order valence-corrected chi connectivity index (χ3v) is 5.57. The molecular formula is C21H19FN2O3S. The predicted molar refractivity (Wildman–Crippen MR) is 106 cm³/mol. The summed E-state index contributed by atoms with van der Waals surface area (Å²) in [5.41, 5.74) is 1.55. The van der Waals surface area contributed by atoms with Gasteiger partial charge in [0.15, 0.2) is 0 Å². The van der Waals surface area contributed by atoms with Crippen molar-refractivity contribution >= 4 is 21.6 Å². The number of hydrogen-bond donors (Lipinski definition) is 2. The van der Waals surface area contributed by atoms with Crippen LogP contribution in [0.5, 0.6) is 0 Å². The summed E-state index contributed by atoms with van der Waals surface area (Å²) in [4.78, 5) is 12.5. The molecule has 3 aromatic carbocycles. The van der Waals surface area contributed by atoms with Crippen molar-refractivity contribution < 1.29 is 17.6 Å². The van der Waals surface area contributed by atoms with E-state index >= 15 is 0 Å². The first-order valence-electron chi connectivity index (χ1n) is 8.59. The summed E-state index contributed by atoms with van der Waals surface area (Å²) in [5, 5.41) is 2.80. The van der Waals surface area contributed by atoms with Gasteiger partial charge in [0.05, 0.1) is 10.9 Å². The lowest BCUT2D eigenvalue weighted by molar-refractivity contribution is 0.0940. The Labute approximate surface area is 163 Å². The average molecular weight is 398 g/mol. The number of para-hydroxylation sites is 1. The Morgan fingerprint density at radius 3 is 2.11 bits per heavy atom. The number of halogens is 1. The van der Waals surface area contributed by atoms with Gasteiger partial charge in [-0.05, 0) is 61.0 Å². The monoisotopic (exact) mass is 398 g/mol. The zero-order valence-electron chi connectivity index (χ0n) is 15.1. The van der Waals surface area contributed by atoms with Gasteiger partial charge in [-0.25, -0.2) is 12.8 Å². The van der Waals surface area contributed by atoms with Gasteiger partial charge >= 0.3 is 0 Å². The van der Waals surface area contributed by atoms with Crippen molar-refractivity contribution in [2.45, 2.75) is 17.9 Å². The van der Waals surface area contributed by atoms with E-state index in [1.54, 1.807) is 49.4 Å². The molecule has 1 atom stereocenters. The number of carbonyl (C=O) groups is 1. The molecule has 0 bridgehead atoms. The molecule has 1 amide bonds. The molecule has 0 saturated carbocycles. The maximum absolute atomic E-state index is 13.0. The Kier molecular flexibility index (Phi) is 5.75. The third kappa shape index (κ3) is 4.75. The molecule has 0 saturated heterocycles. The highest BCUT2D eigenvalue weighted by Crippen LogP contribution is 2.18. The minimum atomic E-state index is -3.74. The number of anilines is 1. The van der Waals surface area contributed by atoms with Crippen LogP contribution in [0, 0.1) is 5.82 Å². The fraction of sp³-hybridized carbons (Fsp3) is 0.0952. The first-order chi connectivity index (χ1) is 13.3. The number of carbonyl (C=O) groups excluding carboxylic acids is 1. The molecule has 0 radical (unpaired) electrons. The number of amides is 1. The van der Waals surface area contributed by atoms with E-state index in [9.17, 15) is 17.6 Å². The molecule has 0 fully saturated rings. The molecule has 2 N–H and O–H groups in total. The molecule has 0 heterocycles. The van der Waals surface area contributed by atoms with Gasteiger partial charge < -0.3 is 5.32 Å². The van der Waals surface area contributed by atoms with E-state index in [2.05, 4.69) is 10.0 Å². The second kappa shape index (κ2) is 8.22. The zero-order valence-corrected chi connectivity index (χ0v) is 15.9. The van der Waals surface area contributed by atoms with E-state index < -0.39 is 10.0 Å². The highest BCUT2D eigenvalue weighted by atomic mass is 32.2. The topological polar surface area (TPSA) is 75.3 Å². The molecule has 7 heteroatoms. The normalized spacial score (nSPS) is 12.2. The SMILES string of the molecule is CC(NC(=O)c1ccc(S(=O)(=O)Nc2ccccc2)cc1)c1ccc(F)cc1. The lowest BCUT2D eigenvalue weighted by atomic mass is 10.1. The van der Waals surface area contributed by atoms with Crippen molar-refractivity contribution in [3.8, 4) is 0 Å². The van der Waals surface area contributed by atoms with Crippen LogP contribution in [0.2, 0.25) is 0 Å². The van der Waals surface area contributed by atoms with Crippen molar-refractivity contribution in [1.29, 1.82) is 0 Å². The Balaban J connectivity index is 1.69. The second-order valence-corrected chi connectivity index (χ2v) is 7.93. The van der Waals surface area contributed by atoms with Crippen LogP contribution in [0.4, 0.5) is 10.1 Å². The smallest absolute Gasteiger partial charge is 0.261 e. The standard InChI is InChI=1S/C21H19FN2O3S/c1-15(16-7-11-18(22)12-8-16)23-21(25)17-9-13-20(14-10-17)28(26,27)24-19-5-3-2-4-6-19/h2-15,24H,1H3,(H,23,25). The second-order valence-electron chi connectivity index (χ2n) is 6.24. The number of rotatable bonds is 6. The summed E-state index contributed by atoms with van der Waals surface area (Å²) >= 11 is 0. The maximum Gasteiger partial charge on any atom is 0.261 e. The maximum atomic E-state index is 13.0. The molecule has 144 valence electrons. The van der Waals surface area contributed by atoms with Crippen LogP contribution in [0.25, 0.3) is 0 Å². The molecule has 0 aromatic heterocycles. The van der Waals surface area contributed by atoms with Crippen molar-refractivity contribution in [3.05, 3.63) is 95.8 Å². The molecule has 1 unspecified atom stereocenters. The summed E-state index contributed by atoms with van der Waals surface area (Å²) in [6.07, 6.45) is 0. The molecule has 0 aliphatic heterocycles. The molecule has 3 rings (SSSR count). The van der Waals surface area contributed by atoms with Gasteiger partial charge in [-0.2, -0.15) is 0 Å². The predicted octanol–water partition coefficient (Wildman–Crippen LogP) is 4.12. The van der Waals surface area contributed by atoms with E-state index in [0.29, 0.717) is 11.3 Å². The van der Waals surface area contributed by atoms with Crippen LogP contribution in [-0.4, -0.2) is 14.3 Å². The van der Waals surface area contributed by atoms with E-state index in [4.69, 9.17) is 0 Å². The van der Waals surface area contributed by atoms with Crippen molar-refractivity contribution in [1.82, 2.24) is 5.32 Å². The molecule has 28 heavy (non-hydrogen) atoms. The Morgan fingerprint density at radius 2 is 1.50 bits per heavy atom. The molecule has 5 nitrogen and oxygen atoms in total. The largest absolute Gasteiger partial charge is 0.346 e. The number of sulfonamides is 1. The zero-order chi connectivity index (χ0) is 20.1. The van der Waals surface area contributed by atoms with Crippen LogP contribution < -0.4 is 10.0 Å². The molecule has 0 aliphatic carbocycles. The fourth-order valence-corrected chi connectivity index (χ4v) is 3.68. The van der Waals surface area contributed by atoms with Crippen molar-refractivity contribution in [2.24, 2.45) is 0 Å². The molecule has 3 aromatic rings. The Morgan fingerprint density at radius 1 is 0.893 bits per heavy atom. The van der Waals surface area contributed by atoms with E-state index in [0.717, 1.165) is 5.56 Å². The van der Waals surface area contributed by atoms with Crippen LogP contribution >= 0.6 is 0 Å². The quantitative estimate of drug-likeness (QED) is 0.656. The fourth-order valence-electron chi connectivity index (χ4n) is 2.62. The summed E-state index contributed by atoms with van der Waals surface area (Å²) < 4.78 is 40.4. The highest BCUT2D eigenvalue weighted by molar-refractivity contribution is 7.92. The minimum Gasteiger partial charge on any atom is -0.346 e. The van der Waals surface area contributed by atoms with Gasteiger partial charge in [0.2, 0.25) is 0 Å². The summed E-state index contributed by atoms with van der Waals surface area (Å²) in [6, 6.07) is 19.7. The van der Waals surface area contributed by atoms with Crippen LogP contribution in [-0.2, 0) is 10.0 Å². The molecular weight excluding hydrogens is 379 g/mol. The van der Waals surface area contributed by atoms with Gasteiger partial charge in [-0.1, -0.05) is 30.3 Å². The average Bonchev–Trinajstić information content (AvgIpc) is 2.69. The Bertz CT molecular complexity index is 1050. The summed E-state index contributed by atoms with van der Waals surface area (Å²) in [7, 11) is -3.74. The van der Waals surface area contributed by atoms with E-state index in [1.165, 1.54) is 36.4 Å². The first-order valence-corrected chi connectivity index (χ1v) is 10.1. The van der Waals surface area contributed by atoms with Crippen LogP contribution in [0.15, 0.2) is 83.8 Å². The van der Waals surface area contributed by atoms with Gasteiger partial charge in [0, 0.05) is 11.3 Å². The van der Waals surface area contributed by atoms with Crippen LogP contribution in [0.1, 0.15) is 28.9 Å². The highest BCUT2D eigenvalue weighted by Gasteiger charge is 2.16. The van der Waals surface area contributed by atoms with Gasteiger partial charge in [0.25, 0.3) is 15.9 Å². The van der Waals surface area contributed by atoms with E-state index in [1.807, 2.05) is 0 Å². The van der Waals surface area contributed by atoms with Crippen LogP contribution in [0.3, 0.4) is 0 Å². The number of benzene rings is 3. The summed E-state index contributed by atoms with van der Waals surface area (Å²) in [6.45, 7) is 1.79. The third-order valence-electron chi connectivity index (χ3n) is 4.17. The Hall–Kier alpha value is -3.19. The molecule has 0 spiro atoms. The molecule has 0 aliphatic rings. The van der Waals surface area contributed by atoms with Gasteiger partial charge in [-0.15, -0.1) is 0 Å². The lowest BCUT2D eigenvalue weighted by Gasteiger charge is -2.14. The first kappa shape index (κ1) is 19.6. The number of nitrogens with one attached hydrogen (secondary N) is 2. The number of hydrogen-bond acceptors (Lipinski definition) is 3. The van der Waals surface area contributed by atoms with Gasteiger partial charge in [0.1, 0.15) is 5.82 Å². The van der Waals surface area contributed by atoms with Crippen molar-refractivity contribution in [3.63, 3.8) is 0 Å². The summed E-state index contributed by atoms with van der Waals surface area (Å²) in [5.74, 6) is -0.694.